The van der Waals surface area contributed by atoms with Gasteiger partial charge in [-0.05, 0) is 37.1 Å². The molecule has 0 amide bonds. The van der Waals surface area contributed by atoms with Crippen LogP contribution in [0.1, 0.15) is 18.1 Å². The Kier molecular flexibility index (Phi) is 3.38. The summed E-state index contributed by atoms with van der Waals surface area (Å²) in [6, 6.07) is 4.06. The molecule has 0 spiro atoms. The van der Waals surface area contributed by atoms with Crippen molar-refractivity contribution in [3.8, 4) is 11.5 Å². The first-order valence-corrected chi connectivity index (χ1v) is 7.15. The lowest BCUT2D eigenvalue weighted by Gasteiger charge is -2.39. The van der Waals surface area contributed by atoms with Crippen LogP contribution in [-0.2, 0) is 6.42 Å². The lowest BCUT2D eigenvalue weighted by molar-refractivity contribution is 0.342. The van der Waals surface area contributed by atoms with Gasteiger partial charge >= 0.3 is 0 Å². The highest BCUT2D eigenvalue weighted by atomic mass is 35.5. The monoisotopic (exact) mass is 291 g/mol. The molecule has 106 valence electrons. The fraction of sp³-hybridized carbons (Fsp3) is 0.375. The van der Waals surface area contributed by atoms with Crippen LogP contribution in [0.15, 0.2) is 29.9 Å². The maximum atomic E-state index is 6.40. The standard InChI is InChI=1S/C16H18ClNO2/c1-10-4-7-14(17)18-9-8-12-11(15(10)18)5-6-13(19-2)16(12)20-3/h4-7,14H,8-9H2,1-3H3. The van der Waals surface area contributed by atoms with Crippen LogP contribution in [0.25, 0.3) is 5.70 Å². The Morgan fingerprint density at radius 1 is 1.25 bits per heavy atom. The maximum absolute atomic E-state index is 6.40. The average molecular weight is 292 g/mol. The molecule has 0 aliphatic carbocycles. The van der Waals surface area contributed by atoms with Gasteiger partial charge in [-0.1, -0.05) is 17.7 Å². The third-order valence-electron chi connectivity index (χ3n) is 3.97. The maximum Gasteiger partial charge on any atom is 0.164 e. The average Bonchev–Trinajstić information content (AvgIpc) is 2.48. The van der Waals surface area contributed by atoms with Gasteiger partial charge in [0.15, 0.2) is 11.5 Å². The van der Waals surface area contributed by atoms with Gasteiger partial charge in [-0.15, -0.1) is 0 Å². The van der Waals surface area contributed by atoms with E-state index >= 15 is 0 Å². The number of methoxy groups -OCH3 is 2. The number of hydrogen-bond donors (Lipinski definition) is 0. The summed E-state index contributed by atoms with van der Waals surface area (Å²) < 4.78 is 11.0. The number of benzene rings is 1. The molecule has 2 aliphatic heterocycles. The molecule has 0 bridgehead atoms. The van der Waals surface area contributed by atoms with Crippen molar-refractivity contribution in [2.24, 2.45) is 0 Å². The van der Waals surface area contributed by atoms with Crippen LogP contribution >= 0.6 is 11.6 Å². The fourth-order valence-electron chi connectivity index (χ4n) is 3.05. The lowest BCUT2D eigenvalue weighted by atomic mass is 9.91. The van der Waals surface area contributed by atoms with E-state index in [-0.39, 0.29) is 5.50 Å². The van der Waals surface area contributed by atoms with Crippen LogP contribution < -0.4 is 9.47 Å². The molecule has 1 aromatic carbocycles. The molecule has 2 heterocycles. The van der Waals surface area contributed by atoms with Crippen molar-refractivity contribution in [3.05, 3.63) is 41.0 Å². The van der Waals surface area contributed by atoms with E-state index in [9.17, 15) is 0 Å². The van der Waals surface area contributed by atoms with E-state index in [2.05, 4.69) is 24.0 Å². The molecule has 1 unspecified atom stereocenters. The van der Waals surface area contributed by atoms with Crippen molar-refractivity contribution in [2.45, 2.75) is 18.8 Å². The Bertz CT molecular complexity index is 607. The van der Waals surface area contributed by atoms with Crippen molar-refractivity contribution < 1.29 is 9.47 Å². The molecule has 0 radical (unpaired) electrons. The molecule has 1 aromatic rings. The second-order valence-corrected chi connectivity index (χ2v) is 5.48. The Morgan fingerprint density at radius 2 is 2.05 bits per heavy atom. The molecular formula is C16H18ClNO2. The van der Waals surface area contributed by atoms with Crippen molar-refractivity contribution in [2.75, 3.05) is 20.8 Å². The van der Waals surface area contributed by atoms with Gasteiger partial charge in [0.2, 0.25) is 0 Å². The van der Waals surface area contributed by atoms with Gasteiger partial charge in [-0.25, -0.2) is 0 Å². The molecule has 0 saturated heterocycles. The van der Waals surface area contributed by atoms with Crippen LogP contribution in [0.2, 0.25) is 0 Å². The Hall–Kier alpha value is -1.61. The van der Waals surface area contributed by atoms with E-state index in [4.69, 9.17) is 21.1 Å². The predicted molar refractivity (Wildman–Crippen MR) is 81.3 cm³/mol. The van der Waals surface area contributed by atoms with Gasteiger partial charge in [-0.2, -0.15) is 0 Å². The van der Waals surface area contributed by atoms with Gasteiger partial charge in [-0.3, -0.25) is 0 Å². The van der Waals surface area contributed by atoms with E-state index in [0.29, 0.717) is 0 Å². The first-order chi connectivity index (χ1) is 9.67. The highest BCUT2D eigenvalue weighted by molar-refractivity contribution is 6.22. The Labute approximate surface area is 124 Å². The molecule has 0 saturated carbocycles. The first kappa shape index (κ1) is 13.4. The quantitative estimate of drug-likeness (QED) is 0.615. The molecule has 0 aromatic heterocycles. The van der Waals surface area contributed by atoms with Crippen LogP contribution in [-0.4, -0.2) is 31.2 Å². The summed E-state index contributed by atoms with van der Waals surface area (Å²) in [7, 11) is 3.36. The number of ether oxygens (including phenoxy) is 2. The first-order valence-electron chi connectivity index (χ1n) is 6.71. The van der Waals surface area contributed by atoms with E-state index in [1.165, 1.54) is 22.4 Å². The summed E-state index contributed by atoms with van der Waals surface area (Å²) in [6.07, 6.45) is 5.03. The van der Waals surface area contributed by atoms with Gasteiger partial charge in [0, 0.05) is 23.4 Å². The zero-order chi connectivity index (χ0) is 14.3. The Balaban J connectivity index is 2.21. The molecule has 20 heavy (non-hydrogen) atoms. The smallest absolute Gasteiger partial charge is 0.164 e. The molecule has 0 fully saturated rings. The molecule has 2 aliphatic rings. The lowest BCUT2D eigenvalue weighted by Crippen LogP contribution is -2.36. The summed E-state index contributed by atoms with van der Waals surface area (Å²) in [5, 5.41) is 0. The number of hydrogen-bond acceptors (Lipinski definition) is 3. The minimum Gasteiger partial charge on any atom is -0.493 e. The number of fused-ring (bicyclic) bond motifs is 3. The third-order valence-corrected chi connectivity index (χ3v) is 4.35. The summed E-state index contributed by atoms with van der Waals surface area (Å²) in [5.74, 6) is 1.62. The second kappa shape index (κ2) is 5.06. The molecule has 0 N–H and O–H groups in total. The molecule has 4 heteroatoms. The molecular weight excluding hydrogens is 274 g/mol. The summed E-state index contributed by atoms with van der Waals surface area (Å²) in [5.41, 5.74) is 4.76. The second-order valence-electron chi connectivity index (χ2n) is 5.03. The number of alkyl halides is 1. The van der Waals surface area contributed by atoms with E-state index < -0.39 is 0 Å². The molecule has 3 rings (SSSR count). The van der Waals surface area contributed by atoms with Crippen LogP contribution in [0, 0.1) is 0 Å². The topological polar surface area (TPSA) is 21.7 Å². The van der Waals surface area contributed by atoms with Crippen molar-refractivity contribution in [1.29, 1.82) is 0 Å². The van der Waals surface area contributed by atoms with Gasteiger partial charge < -0.3 is 14.4 Å². The van der Waals surface area contributed by atoms with Crippen molar-refractivity contribution in [1.82, 2.24) is 4.90 Å². The predicted octanol–water partition coefficient (Wildman–Crippen LogP) is 3.43. The highest BCUT2D eigenvalue weighted by Crippen LogP contribution is 2.43. The van der Waals surface area contributed by atoms with Crippen molar-refractivity contribution in [3.63, 3.8) is 0 Å². The van der Waals surface area contributed by atoms with Crippen LogP contribution in [0.5, 0.6) is 11.5 Å². The van der Waals surface area contributed by atoms with Gasteiger partial charge in [0.25, 0.3) is 0 Å². The van der Waals surface area contributed by atoms with E-state index in [0.717, 1.165) is 24.5 Å². The number of rotatable bonds is 2. The highest BCUT2D eigenvalue weighted by Gasteiger charge is 2.30. The van der Waals surface area contributed by atoms with Crippen LogP contribution in [0.4, 0.5) is 0 Å². The van der Waals surface area contributed by atoms with Crippen LogP contribution in [0.3, 0.4) is 0 Å². The minimum atomic E-state index is -0.0741. The minimum absolute atomic E-state index is 0.0741. The normalized spacial score (nSPS) is 20.6. The number of halogens is 1. The summed E-state index contributed by atoms with van der Waals surface area (Å²) in [4.78, 5) is 2.24. The van der Waals surface area contributed by atoms with E-state index in [1.54, 1.807) is 14.2 Å². The molecule has 3 nitrogen and oxygen atoms in total. The van der Waals surface area contributed by atoms with Gasteiger partial charge in [0.05, 0.1) is 14.2 Å². The zero-order valence-corrected chi connectivity index (χ0v) is 12.7. The van der Waals surface area contributed by atoms with E-state index in [1.807, 2.05) is 12.1 Å². The zero-order valence-electron chi connectivity index (χ0n) is 11.9. The molecule has 1 atom stereocenters. The van der Waals surface area contributed by atoms with Crippen molar-refractivity contribution >= 4 is 17.3 Å². The number of nitrogens with zero attached hydrogens (tertiary/aromatic N) is 1. The number of allylic oxidation sites excluding steroid dienone is 2. The summed E-state index contributed by atoms with van der Waals surface area (Å²) in [6.45, 7) is 3.01. The largest absolute Gasteiger partial charge is 0.493 e. The fourth-order valence-corrected chi connectivity index (χ4v) is 3.32. The van der Waals surface area contributed by atoms with Gasteiger partial charge in [0.1, 0.15) is 5.50 Å². The SMILES string of the molecule is COc1ccc2c(c1OC)CCN1C2=C(C)C=CC1Cl. The summed E-state index contributed by atoms with van der Waals surface area (Å²) >= 11 is 6.40. The third kappa shape index (κ3) is 1.88. The Morgan fingerprint density at radius 3 is 2.75 bits per heavy atom.